The van der Waals surface area contributed by atoms with Crippen molar-refractivity contribution in [1.29, 1.82) is 0 Å². The van der Waals surface area contributed by atoms with Crippen LogP contribution in [0.3, 0.4) is 0 Å². The Labute approximate surface area is 88.7 Å². The molecule has 0 bridgehead atoms. The lowest BCUT2D eigenvalue weighted by Gasteiger charge is -2.15. The van der Waals surface area contributed by atoms with Crippen molar-refractivity contribution in [2.45, 2.75) is 26.6 Å². The molecule has 5 heteroatoms. The molecule has 2 atom stereocenters. The minimum Gasteiger partial charge on any atom is -0.460 e. The first-order valence-corrected chi connectivity index (χ1v) is 5.14. The van der Waals surface area contributed by atoms with Gasteiger partial charge >= 0.3 is 5.97 Å². The van der Waals surface area contributed by atoms with Gasteiger partial charge in [-0.2, -0.15) is 0 Å². The lowest BCUT2D eigenvalue weighted by Crippen LogP contribution is -2.33. The first kappa shape index (κ1) is 12.1. The van der Waals surface area contributed by atoms with Crippen molar-refractivity contribution in [3.63, 3.8) is 0 Å². The van der Waals surface area contributed by atoms with E-state index in [4.69, 9.17) is 9.47 Å². The van der Waals surface area contributed by atoms with E-state index < -0.39 is 24.0 Å². The zero-order valence-corrected chi connectivity index (χ0v) is 9.02. The van der Waals surface area contributed by atoms with Gasteiger partial charge in [-0.15, -0.1) is 0 Å². The molecule has 0 spiro atoms. The molecular formula is C10H16O5. The topological polar surface area (TPSA) is 61.8 Å². The highest BCUT2D eigenvalue weighted by molar-refractivity contribution is 6.34. The van der Waals surface area contributed by atoms with Gasteiger partial charge in [0.2, 0.25) is 5.78 Å². The summed E-state index contributed by atoms with van der Waals surface area (Å²) in [5.74, 6) is -1.85. The standard InChI is InChI=1S/C10H16O5/c1-3-13-9(12)8(11)7-5-6-15-10(7)14-4-2/h7,10H,3-6H2,1-2H3. The van der Waals surface area contributed by atoms with Gasteiger partial charge in [-0.1, -0.05) is 0 Å². The minimum atomic E-state index is -0.794. The number of carbonyl (C=O) groups excluding carboxylic acids is 2. The van der Waals surface area contributed by atoms with E-state index in [9.17, 15) is 9.59 Å². The van der Waals surface area contributed by atoms with Crippen LogP contribution in [-0.2, 0) is 23.8 Å². The molecule has 15 heavy (non-hydrogen) atoms. The Morgan fingerprint density at radius 3 is 2.67 bits per heavy atom. The third kappa shape index (κ3) is 3.00. The highest BCUT2D eigenvalue weighted by Crippen LogP contribution is 2.23. The summed E-state index contributed by atoms with van der Waals surface area (Å²) in [4.78, 5) is 22.8. The zero-order valence-electron chi connectivity index (χ0n) is 9.02. The molecular weight excluding hydrogens is 200 g/mol. The average molecular weight is 216 g/mol. The van der Waals surface area contributed by atoms with Gasteiger partial charge in [0.25, 0.3) is 0 Å². The first-order chi connectivity index (χ1) is 7.20. The molecule has 1 aliphatic rings. The zero-order chi connectivity index (χ0) is 11.3. The molecule has 0 radical (unpaired) electrons. The van der Waals surface area contributed by atoms with E-state index >= 15 is 0 Å². The maximum Gasteiger partial charge on any atom is 0.375 e. The van der Waals surface area contributed by atoms with Crippen molar-refractivity contribution in [1.82, 2.24) is 0 Å². The lowest BCUT2D eigenvalue weighted by atomic mass is 10.0. The van der Waals surface area contributed by atoms with Gasteiger partial charge in [0.05, 0.1) is 19.1 Å². The van der Waals surface area contributed by atoms with E-state index in [0.717, 1.165) is 0 Å². The molecule has 1 saturated heterocycles. The first-order valence-electron chi connectivity index (χ1n) is 5.14. The summed E-state index contributed by atoms with van der Waals surface area (Å²) in [6.07, 6.45) is -0.0746. The number of esters is 1. The fraction of sp³-hybridized carbons (Fsp3) is 0.800. The molecule has 2 unspecified atom stereocenters. The predicted molar refractivity (Wildman–Crippen MR) is 51.1 cm³/mol. The molecule has 0 saturated carbocycles. The number of rotatable bonds is 5. The van der Waals surface area contributed by atoms with Crippen LogP contribution in [0.5, 0.6) is 0 Å². The van der Waals surface area contributed by atoms with E-state index in [1.165, 1.54) is 0 Å². The third-order valence-corrected chi connectivity index (χ3v) is 2.18. The normalized spacial score (nSPS) is 25.2. The maximum absolute atomic E-state index is 11.6. The Morgan fingerprint density at radius 2 is 2.07 bits per heavy atom. The van der Waals surface area contributed by atoms with Crippen molar-refractivity contribution < 1.29 is 23.8 Å². The Hall–Kier alpha value is -0.940. The average Bonchev–Trinajstić information content (AvgIpc) is 2.66. The van der Waals surface area contributed by atoms with Crippen LogP contribution in [0.25, 0.3) is 0 Å². The predicted octanol–water partition coefficient (Wildman–Crippen LogP) is 0.518. The largest absolute Gasteiger partial charge is 0.460 e. The van der Waals surface area contributed by atoms with Gasteiger partial charge in [-0.05, 0) is 20.3 Å². The second-order valence-electron chi connectivity index (χ2n) is 3.17. The molecule has 0 aromatic heterocycles. The fourth-order valence-corrected chi connectivity index (χ4v) is 1.50. The summed E-state index contributed by atoms with van der Waals surface area (Å²) in [6, 6.07) is 0. The van der Waals surface area contributed by atoms with Crippen LogP contribution >= 0.6 is 0 Å². The molecule has 5 nitrogen and oxygen atoms in total. The van der Waals surface area contributed by atoms with Gasteiger partial charge in [-0.25, -0.2) is 4.79 Å². The Balaban J connectivity index is 2.54. The van der Waals surface area contributed by atoms with Crippen molar-refractivity contribution >= 4 is 11.8 Å². The van der Waals surface area contributed by atoms with E-state index in [0.29, 0.717) is 19.6 Å². The van der Waals surface area contributed by atoms with Crippen LogP contribution in [0.2, 0.25) is 0 Å². The smallest absolute Gasteiger partial charge is 0.375 e. The monoisotopic (exact) mass is 216 g/mol. The van der Waals surface area contributed by atoms with Crippen LogP contribution in [0.1, 0.15) is 20.3 Å². The minimum absolute atomic E-state index is 0.206. The number of carbonyl (C=O) groups is 2. The molecule has 1 fully saturated rings. The quantitative estimate of drug-likeness (QED) is 0.495. The molecule has 0 aliphatic carbocycles. The lowest BCUT2D eigenvalue weighted by molar-refractivity contribution is -0.165. The van der Waals surface area contributed by atoms with E-state index in [1.54, 1.807) is 6.92 Å². The Bertz CT molecular complexity index is 238. The van der Waals surface area contributed by atoms with E-state index in [1.807, 2.05) is 6.92 Å². The van der Waals surface area contributed by atoms with Crippen LogP contribution in [0, 0.1) is 5.92 Å². The summed E-state index contributed by atoms with van der Waals surface area (Å²) in [5.41, 5.74) is 0. The number of ether oxygens (including phenoxy) is 3. The van der Waals surface area contributed by atoms with Gasteiger partial charge in [0.1, 0.15) is 0 Å². The molecule has 1 rings (SSSR count). The van der Waals surface area contributed by atoms with E-state index in [-0.39, 0.29) is 6.61 Å². The second kappa shape index (κ2) is 5.82. The summed E-state index contributed by atoms with van der Waals surface area (Å²) in [5, 5.41) is 0. The van der Waals surface area contributed by atoms with Crippen LogP contribution in [-0.4, -0.2) is 37.9 Å². The summed E-state index contributed by atoms with van der Waals surface area (Å²) in [7, 11) is 0. The van der Waals surface area contributed by atoms with Crippen molar-refractivity contribution in [3.05, 3.63) is 0 Å². The molecule has 1 heterocycles. The van der Waals surface area contributed by atoms with Gasteiger partial charge in [0.15, 0.2) is 6.29 Å². The fourth-order valence-electron chi connectivity index (χ4n) is 1.50. The Morgan fingerprint density at radius 1 is 1.33 bits per heavy atom. The maximum atomic E-state index is 11.6. The summed E-state index contributed by atoms with van der Waals surface area (Å²) in [6.45, 7) is 4.58. The second-order valence-corrected chi connectivity index (χ2v) is 3.17. The highest BCUT2D eigenvalue weighted by atomic mass is 16.7. The number of Topliss-reactive ketones (excluding diaryl/α,β-unsaturated/α-hetero) is 1. The molecule has 0 N–H and O–H groups in total. The molecule has 0 aromatic rings. The third-order valence-electron chi connectivity index (χ3n) is 2.18. The summed E-state index contributed by atoms with van der Waals surface area (Å²) >= 11 is 0. The molecule has 1 aliphatic heterocycles. The Kier molecular flexibility index (Phi) is 4.71. The summed E-state index contributed by atoms with van der Waals surface area (Å²) < 4.78 is 15.1. The van der Waals surface area contributed by atoms with Crippen molar-refractivity contribution in [2.75, 3.05) is 19.8 Å². The van der Waals surface area contributed by atoms with Crippen LogP contribution in [0.15, 0.2) is 0 Å². The molecule has 0 amide bonds. The number of hydrogen-bond donors (Lipinski definition) is 0. The van der Waals surface area contributed by atoms with Crippen LogP contribution in [0.4, 0.5) is 0 Å². The highest BCUT2D eigenvalue weighted by Gasteiger charge is 2.38. The SMILES string of the molecule is CCOC(=O)C(=O)C1CCOC1OCC. The molecule has 0 aromatic carbocycles. The van der Waals surface area contributed by atoms with Gasteiger partial charge < -0.3 is 14.2 Å². The molecule has 86 valence electrons. The van der Waals surface area contributed by atoms with E-state index in [2.05, 4.69) is 4.74 Å². The van der Waals surface area contributed by atoms with Gasteiger partial charge in [0, 0.05) is 6.61 Å². The van der Waals surface area contributed by atoms with Crippen molar-refractivity contribution in [3.8, 4) is 0 Å². The number of ketones is 1. The van der Waals surface area contributed by atoms with Crippen LogP contribution < -0.4 is 0 Å². The number of hydrogen-bond acceptors (Lipinski definition) is 5. The van der Waals surface area contributed by atoms with Crippen molar-refractivity contribution in [2.24, 2.45) is 5.92 Å². The van der Waals surface area contributed by atoms with Gasteiger partial charge in [-0.3, -0.25) is 4.79 Å².